The van der Waals surface area contributed by atoms with Crippen molar-refractivity contribution in [1.29, 1.82) is 0 Å². The second-order valence-corrected chi connectivity index (χ2v) is 6.39. The quantitative estimate of drug-likeness (QED) is 0.559. The molecule has 0 unspecified atom stereocenters. The molecule has 2 aliphatic carbocycles. The standard InChI is InChI=1S/C17H30/c1-3-5-15-8-12-17(13-9-15)16-10-6-14(4-2)7-11-16/h3,5,14-17H,4,6-13H2,1-2H3. The second kappa shape index (κ2) is 6.61. The monoisotopic (exact) mass is 234 g/mol. The predicted octanol–water partition coefficient (Wildman–Crippen LogP) is 5.59. The lowest BCUT2D eigenvalue weighted by Gasteiger charge is -2.37. The molecule has 2 aliphatic rings. The van der Waals surface area contributed by atoms with Gasteiger partial charge in [-0.25, -0.2) is 0 Å². The van der Waals surface area contributed by atoms with Crippen LogP contribution in [0.2, 0.25) is 0 Å². The third kappa shape index (κ3) is 3.60. The van der Waals surface area contributed by atoms with Crippen LogP contribution in [0, 0.1) is 23.7 Å². The molecular weight excluding hydrogens is 204 g/mol. The Balaban J connectivity index is 1.74. The Morgan fingerprint density at radius 1 is 0.824 bits per heavy atom. The smallest absolute Gasteiger partial charge is 0.0233 e. The van der Waals surface area contributed by atoms with Crippen LogP contribution < -0.4 is 0 Å². The Morgan fingerprint density at radius 2 is 1.35 bits per heavy atom. The molecule has 0 spiro atoms. The van der Waals surface area contributed by atoms with E-state index in [0.717, 1.165) is 23.7 Å². The topological polar surface area (TPSA) is 0 Å². The molecule has 17 heavy (non-hydrogen) atoms. The Hall–Kier alpha value is -0.260. The average Bonchev–Trinajstić information content (AvgIpc) is 2.40. The van der Waals surface area contributed by atoms with Gasteiger partial charge in [0, 0.05) is 0 Å². The van der Waals surface area contributed by atoms with Crippen molar-refractivity contribution in [3.63, 3.8) is 0 Å². The fourth-order valence-electron chi connectivity index (χ4n) is 4.15. The molecule has 0 heteroatoms. The van der Waals surface area contributed by atoms with Crippen molar-refractivity contribution in [2.75, 3.05) is 0 Å². The Bertz CT molecular complexity index is 224. The maximum atomic E-state index is 2.43. The van der Waals surface area contributed by atoms with E-state index in [1.165, 1.54) is 57.8 Å². The molecule has 0 bridgehead atoms. The van der Waals surface area contributed by atoms with E-state index >= 15 is 0 Å². The van der Waals surface area contributed by atoms with Crippen molar-refractivity contribution < 1.29 is 0 Å². The lowest BCUT2D eigenvalue weighted by atomic mass is 9.69. The van der Waals surface area contributed by atoms with Gasteiger partial charge in [-0.3, -0.25) is 0 Å². The van der Waals surface area contributed by atoms with Gasteiger partial charge in [0.25, 0.3) is 0 Å². The van der Waals surface area contributed by atoms with Gasteiger partial charge in [-0.1, -0.05) is 38.3 Å². The summed E-state index contributed by atoms with van der Waals surface area (Å²) in [6.45, 7) is 4.53. The first-order valence-electron chi connectivity index (χ1n) is 7.96. The van der Waals surface area contributed by atoms with Crippen molar-refractivity contribution >= 4 is 0 Å². The van der Waals surface area contributed by atoms with E-state index in [0.29, 0.717) is 0 Å². The molecule has 0 aromatic carbocycles. The van der Waals surface area contributed by atoms with Crippen molar-refractivity contribution in [2.24, 2.45) is 23.7 Å². The van der Waals surface area contributed by atoms with E-state index in [1.54, 1.807) is 0 Å². The zero-order valence-corrected chi connectivity index (χ0v) is 11.8. The fraction of sp³-hybridized carbons (Fsp3) is 0.882. The lowest BCUT2D eigenvalue weighted by Crippen LogP contribution is -2.25. The summed E-state index contributed by atoms with van der Waals surface area (Å²) < 4.78 is 0. The fourth-order valence-corrected chi connectivity index (χ4v) is 4.15. The minimum absolute atomic E-state index is 0.906. The van der Waals surface area contributed by atoms with Crippen LogP contribution in [0.25, 0.3) is 0 Å². The summed E-state index contributed by atoms with van der Waals surface area (Å²) in [5, 5.41) is 0. The van der Waals surface area contributed by atoms with Crippen molar-refractivity contribution in [3.05, 3.63) is 12.2 Å². The van der Waals surface area contributed by atoms with Crippen LogP contribution in [-0.2, 0) is 0 Å². The zero-order chi connectivity index (χ0) is 12.1. The van der Waals surface area contributed by atoms with Gasteiger partial charge < -0.3 is 0 Å². The third-order valence-corrected chi connectivity index (χ3v) is 5.42. The van der Waals surface area contributed by atoms with E-state index < -0.39 is 0 Å². The van der Waals surface area contributed by atoms with Crippen LogP contribution in [-0.4, -0.2) is 0 Å². The highest BCUT2D eigenvalue weighted by Crippen LogP contribution is 2.42. The van der Waals surface area contributed by atoms with Crippen LogP contribution in [0.3, 0.4) is 0 Å². The summed E-state index contributed by atoms with van der Waals surface area (Å²) in [6, 6.07) is 0. The lowest BCUT2D eigenvalue weighted by molar-refractivity contribution is 0.154. The van der Waals surface area contributed by atoms with Gasteiger partial charge in [0.1, 0.15) is 0 Å². The Kier molecular flexibility index (Phi) is 5.13. The summed E-state index contributed by atoms with van der Waals surface area (Å²) in [6.07, 6.45) is 18.2. The first-order chi connectivity index (χ1) is 8.33. The van der Waals surface area contributed by atoms with Gasteiger partial charge in [0.05, 0.1) is 0 Å². The number of hydrogen-bond donors (Lipinski definition) is 0. The minimum atomic E-state index is 0.906. The summed E-state index contributed by atoms with van der Waals surface area (Å²) in [7, 11) is 0. The molecule has 2 saturated carbocycles. The normalized spacial score (nSPS) is 39.6. The Morgan fingerprint density at radius 3 is 1.82 bits per heavy atom. The largest absolute Gasteiger partial charge is 0.0914 e. The summed E-state index contributed by atoms with van der Waals surface area (Å²) >= 11 is 0. The Labute approximate surface area is 108 Å². The van der Waals surface area contributed by atoms with Crippen LogP contribution in [0.1, 0.15) is 71.6 Å². The molecule has 2 fully saturated rings. The van der Waals surface area contributed by atoms with E-state index in [1.807, 2.05) is 0 Å². The van der Waals surface area contributed by atoms with E-state index in [2.05, 4.69) is 26.0 Å². The maximum absolute atomic E-state index is 2.43. The van der Waals surface area contributed by atoms with Crippen LogP contribution in [0.15, 0.2) is 12.2 Å². The molecule has 0 amide bonds. The highest BCUT2D eigenvalue weighted by Gasteiger charge is 2.29. The van der Waals surface area contributed by atoms with Crippen LogP contribution in [0.4, 0.5) is 0 Å². The molecule has 0 N–H and O–H groups in total. The summed E-state index contributed by atoms with van der Waals surface area (Å²) in [5.74, 6) is 4.13. The average molecular weight is 234 g/mol. The third-order valence-electron chi connectivity index (χ3n) is 5.42. The highest BCUT2D eigenvalue weighted by atomic mass is 14.3. The van der Waals surface area contributed by atoms with Crippen LogP contribution in [0.5, 0.6) is 0 Å². The van der Waals surface area contributed by atoms with E-state index in [9.17, 15) is 0 Å². The molecule has 0 radical (unpaired) electrons. The van der Waals surface area contributed by atoms with Gasteiger partial charge in [0.2, 0.25) is 0 Å². The van der Waals surface area contributed by atoms with Crippen molar-refractivity contribution in [1.82, 2.24) is 0 Å². The van der Waals surface area contributed by atoms with E-state index in [4.69, 9.17) is 0 Å². The molecule has 0 heterocycles. The molecule has 98 valence electrons. The predicted molar refractivity (Wildman–Crippen MR) is 76.0 cm³/mol. The first kappa shape index (κ1) is 13.2. The van der Waals surface area contributed by atoms with Gasteiger partial charge >= 0.3 is 0 Å². The molecule has 2 rings (SSSR count). The van der Waals surface area contributed by atoms with Gasteiger partial charge in [-0.15, -0.1) is 0 Å². The molecular formula is C17H30. The van der Waals surface area contributed by atoms with Crippen LogP contribution >= 0.6 is 0 Å². The molecule has 0 aromatic heterocycles. The molecule has 0 nitrogen and oxygen atoms in total. The summed E-state index contributed by atoms with van der Waals surface area (Å²) in [4.78, 5) is 0. The highest BCUT2D eigenvalue weighted by molar-refractivity contribution is 4.90. The number of hydrogen-bond acceptors (Lipinski definition) is 0. The van der Waals surface area contributed by atoms with Crippen molar-refractivity contribution in [3.8, 4) is 0 Å². The zero-order valence-electron chi connectivity index (χ0n) is 11.8. The molecule has 0 saturated heterocycles. The second-order valence-electron chi connectivity index (χ2n) is 6.39. The first-order valence-corrected chi connectivity index (χ1v) is 7.96. The molecule has 0 aliphatic heterocycles. The SMILES string of the molecule is CC=CC1CCC(C2CCC(CC)CC2)CC1. The number of rotatable bonds is 3. The maximum Gasteiger partial charge on any atom is -0.0233 e. The van der Waals surface area contributed by atoms with Gasteiger partial charge in [-0.2, -0.15) is 0 Å². The van der Waals surface area contributed by atoms with Gasteiger partial charge in [-0.05, 0) is 69.1 Å². The summed E-state index contributed by atoms with van der Waals surface area (Å²) in [5.41, 5.74) is 0. The number of allylic oxidation sites excluding steroid dienone is 2. The van der Waals surface area contributed by atoms with Gasteiger partial charge in [0.15, 0.2) is 0 Å². The van der Waals surface area contributed by atoms with E-state index in [-0.39, 0.29) is 0 Å². The van der Waals surface area contributed by atoms with Crippen molar-refractivity contribution in [2.45, 2.75) is 71.6 Å². The molecule has 0 atom stereocenters. The molecule has 0 aromatic rings. The minimum Gasteiger partial charge on any atom is -0.0914 e.